The summed E-state index contributed by atoms with van der Waals surface area (Å²) < 4.78 is 0. The van der Waals surface area contributed by atoms with Gasteiger partial charge in [-0.25, -0.2) is 0 Å². The van der Waals surface area contributed by atoms with E-state index in [9.17, 15) is 19.7 Å². The number of nitrogens with zero attached hydrogens (tertiary/aromatic N) is 2. The van der Waals surface area contributed by atoms with E-state index < -0.39 is 4.92 Å². The lowest BCUT2D eigenvalue weighted by molar-refractivity contribution is -0.384. The van der Waals surface area contributed by atoms with Gasteiger partial charge in [-0.2, -0.15) is 0 Å². The van der Waals surface area contributed by atoms with Gasteiger partial charge in [0.15, 0.2) is 0 Å². The van der Waals surface area contributed by atoms with Crippen LogP contribution in [0, 0.1) is 10.1 Å². The van der Waals surface area contributed by atoms with Crippen LogP contribution >= 0.6 is 0 Å². The van der Waals surface area contributed by atoms with Crippen LogP contribution < -0.4 is 15.5 Å². The lowest BCUT2D eigenvalue weighted by atomic mass is 10.0. The van der Waals surface area contributed by atoms with Crippen LogP contribution in [-0.4, -0.2) is 29.8 Å². The van der Waals surface area contributed by atoms with Gasteiger partial charge in [0, 0.05) is 42.7 Å². The number of nitrogens with one attached hydrogen (secondary N) is 2. The van der Waals surface area contributed by atoms with Gasteiger partial charge >= 0.3 is 0 Å². The number of non-ortho nitro benzene ring substituents is 1. The molecule has 190 valence electrons. The molecule has 3 aromatic carbocycles. The van der Waals surface area contributed by atoms with Crippen LogP contribution in [0.25, 0.3) is 6.08 Å². The van der Waals surface area contributed by atoms with E-state index >= 15 is 0 Å². The Bertz CT molecular complexity index is 1280. The smallest absolute Gasteiger partial charge is 0.269 e. The second-order valence-electron chi connectivity index (χ2n) is 9.06. The van der Waals surface area contributed by atoms with E-state index in [1.807, 2.05) is 43.3 Å². The maximum atomic E-state index is 13.4. The largest absolute Gasteiger partial charge is 0.371 e. The molecular formula is C29H30N4O4. The number of nitro benzene ring substituents is 1. The molecule has 4 rings (SSSR count). The second-order valence-corrected chi connectivity index (χ2v) is 9.06. The van der Waals surface area contributed by atoms with Gasteiger partial charge in [-0.1, -0.05) is 30.3 Å². The van der Waals surface area contributed by atoms with Gasteiger partial charge in [-0.3, -0.25) is 19.7 Å². The van der Waals surface area contributed by atoms with Crippen molar-refractivity contribution in [2.24, 2.45) is 0 Å². The highest BCUT2D eigenvalue weighted by molar-refractivity contribution is 6.05. The quantitative estimate of drug-likeness (QED) is 0.235. The summed E-state index contributed by atoms with van der Waals surface area (Å²) in [6.07, 6.45) is 6.27. The van der Waals surface area contributed by atoms with Gasteiger partial charge in [0.2, 0.25) is 5.91 Å². The third-order valence-electron chi connectivity index (χ3n) is 6.38. The molecule has 2 amide bonds. The van der Waals surface area contributed by atoms with Gasteiger partial charge in [-0.05, 0) is 73.7 Å². The lowest BCUT2D eigenvalue weighted by Crippen LogP contribution is -2.33. The molecule has 1 unspecified atom stereocenters. The molecule has 0 spiro atoms. The third-order valence-corrected chi connectivity index (χ3v) is 6.38. The topological polar surface area (TPSA) is 105 Å². The zero-order valence-corrected chi connectivity index (χ0v) is 20.7. The first kappa shape index (κ1) is 25.6. The average molecular weight is 499 g/mol. The van der Waals surface area contributed by atoms with Crippen molar-refractivity contribution in [2.45, 2.75) is 32.2 Å². The molecule has 8 nitrogen and oxygen atoms in total. The van der Waals surface area contributed by atoms with Crippen molar-refractivity contribution in [1.29, 1.82) is 0 Å². The number of anilines is 2. The van der Waals surface area contributed by atoms with Gasteiger partial charge in [0.25, 0.3) is 11.6 Å². The van der Waals surface area contributed by atoms with E-state index in [1.165, 1.54) is 24.6 Å². The number of carbonyl (C=O) groups is 2. The highest BCUT2D eigenvalue weighted by atomic mass is 16.6. The molecule has 1 atom stereocenters. The van der Waals surface area contributed by atoms with Gasteiger partial charge < -0.3 is 15.5 Å². The average Bonchev–Trinajstić information content (AvgIpc) is 2.93. The van der Waals surface area contributed by atoms with Gasteiger partial charge in [-0.15, -0.1) is 0 Å². The number of amides is 2. The summed E-state index contributed by atoms with van der Waals surface area (Å²) in [6, 6.07) is 20.9. The molecule has 1 heterocycles. The molecule has 37 heavy (non-hydrogen) atoms. The van der Waals surface area contributed by atoms with E-state index in [0.29, 0.717) is 16.8 Å². The highest BCUT2D eigenvalue weighted by Crippen LogP contribution is 2.28. The van der Waals surface area contributed by atoms with E-state index in [2.05, 4.69) is 15.5 Å². The number of hydrogen-bond donors (Lipinski definition) is 2. The second kappa shape index (κ2) is 12.0. The van der Waals surface area contributed by atoms with Gasteiger partial charge in [0.05, 0.1) is 16.5 Å². The molecule has 3 aromatic rings. The van der Waals surface area contributed by atoms with Crippen molar-refractivity contribution < 1.29 is 14.5 Å². The van der Waals surface area contributed by atoms with Crippen LogP contribution in [0.4, 0.5) is 17.1 Å². The van der Waals surface area contributed by atoms with Crippen LogP contribution in [0.15, 0.2) is 78.9 Å². The molecule has 8 heteroatoms. The monoisotopic (exact) mass is 498 g/mol. The van der Waals surface area contributed by atoms with Gasteiger partial charge in [0.1, 0.15) is 0 Å². The number of carbonyl (C=O) groups excluding carboxylic acids is 2. The predicted molar refractivity (Wildman–Crippen MR) is 146 cm³/mol. The van der Waals surface area contributed by atoms with Crippen LogP contribution in [0.2, 0.25) is 0 Å². The summed E-state index contributed by atoms with van der Waals surface area (Å²) in [7, 11) is 0. The predicted octanol–water partition coefficient (Wildman–Crippen LogP) is 5.73. The Balaban J connectivity index is 1.51. The van der Waals surface area contributed by atoms with Crippen molar-refractivity contribution in [3.05, 3.63) is 106 Å². The van der Waals surface area contributed by atoms with Crippen molar-refractivity contribution >= 4 is 35.0 Å². The Labute approximate surface area is 216 Å². The van der Waals surface area contributed by atoms with Crippen molar-refractivity contribution in [3.8, 4) is 0 Å². The number of nitro groups is 1. The maximum Gasteiger partial charge on any atom is 0.269 e. The Morgan fingerprint density at radius 1 is 0.973 bits per heavy atom. The lowest BCUT2D eigenvalue weighted by Gasteiger charge is -2.31. The van der Waals surface area contributed by atoms with Crippen molar-refractivity contribution in [3.63, 3.8) is 0 Å². The SMILES string of the molecule is CC(NC(=O)c1cc(NC(=O)C=Cc2ccc([N+](=O)[O-])cc2)ccc1N1CCCCC1)c1ccccc1. The first-order chi connectivity index (χ1) is 17.9. The first-order valence-corrected chi connectivity index (χ1v) is 12.4. The summed E-state index contributed by atoms with van der Waals surface area (Å²) in [6.45, 7) is 3.72. The number of benzene rings is 3. The molecule has 2 N–H and O–H groups in total. The summed E-state index contributed by atoms with van der Waals surface area (Å²) in [5, 5.41) is 16.7. The molecule has 0 aliphatic carbocycles. The molecule has 0 radical (unpaired) electrons. The Hall–Kier alpha value is -4.46. The molecule has 0 bridgehead atoms. The van der Waals surface area contributed by atoms with Crippen LogP contribution in [0.3, 0.4) is 0 Å². The molecule has 1 aliphatic rings. The van der Waals surface area contributed by atoms with Crippen LogP contribution in [-0.2, 0) is 4.79 Å². The van der Waals surface area contributed by atoms with Crippen molar-refractivity contribution in [1.82, 2.24) is 5.32 Å². The molecule has 1 aliphatic heterocycles. The standard InChI is InChI=1S/C29H30N4O4/c1-21(23-8-4-2-5-9-23)30-29(35)26-20-24(13-16-27(26)32-18-6-3-7-19-32)31-28(34)17-12-22-10-14-25(15-11-22)33(36)37/h2,4-5,8-17,20-21H,3,6-7,18-19H2,1H3,(H,30,35)(H,31,34). The molecule has 1 fully saturated rings. The fourth-order valence-corrected chi connectivity index (χ4v) is 4.37. The van der Waals surface area contributed by atoms with E-state index in [1.54, 1.807) is 30.3 Å². The Kier molecular flexibility index (Phi) is 8.30. The summed E-state index contributed by atoms with van der Waals surface area (Å²) >= 11 is 0. The highest BCUT2D eigenvalue weighted by Gasteiger charge is 2.21. The fraction of sp³-hybridized carbons (Fsp3) is 0.241. The third kappa shape index (κ3) is 6.82. The normalized spacial score (nSPS) is 14.2. The van der Waals surface area contributed by atoms with E-state index in [-0.39, 0.29) is 23.5 Å². The molecular weight excluding hydrogens is 468 g/mol. The minimum Gasteiger partial charge on any atom is -0.371 e. The number of rotatable bonds is 8. The minimum atomic E-state index is -0.470. The summed E-state index contributed by atoms with van der Waals surface area (Å²) in [5.41, 5.74) is 3.55. The molecule has 0 aromatic heterocycles. The Morgan fingerprint density at radius 2 is 1.68 bits per heavy atom. The molecule has 0 saturated carbocycles. The van der Waals surface area contributed by atoms with Crippen LogP contribution in [0.1, 0.15) is 53.7 Å². The fourth-order valence-electron chi connectivity index (χ4n) is 4.37. The maximum absolute atomic E-state index is 13.4. The Morgan fingerprint density at radius 3 is 2.35 bits per heavy atom. The molecule has 1 saturated heterocycles. The van der Waals surface area contributed by atoms with Crippen LogP contribution in [0.5, 0.6) is 0 Å². The van der Waals surface area contributed by atoms with Crippen molar-refractivity contribution in [2.75, 3.05) is 23.3 Å². The minimum absolute atomic E-state index is 0.0113. The zero-order valence-electron chi connectivity index (χ0n) is 20.7. The number of hydrogen-bond acceptors (Lipinski definition) is 5. The number of piperidine rings is 1. The summed E-state index contributed by atoms with van der Waals surface area (Å²) in [4.78, 5) is 38.5. The van der Waals surface area contributed by atoms with E-state index in [0.717, 1.165) is 37.2 Å². The zero-order chi connectivity index (χ0) is 26.2. The van der Waals surface area contributed by atoms with E-state index in [4.69, 9.17) is 0 Å². The first-order valence-electron chi connectivity index (χ1n) is 12.4. The summed E-state index contributed by atoms with van der Waals surface area (Å²) in [5.74, 6) is -0.567.